The Bertz CT molecular complexity index is 3030. The molecule has 5 aliphatic carbocycles. The molecular weight excluding hydrogens is 1140 g/mol. The number of aliphatic carboxylic acids is 2. The van der Waals surface area contributed by atoms with Crippen LogP contribution in [0, 0.1) is 51.8 Å². The van der Waals surface area contributed by atoms with E-state index in [1.165, 1.54) is 32.9 Å². The lowest BCUT2D eigenvalue weighted by Crippen LogP contribution is -2.58. The zero-order chi connectivity index (χ0) is 62.6. The lowest BCUT2D eigenvalue weighted by molar-refractivity contribution is -0.175. The fraction of sp³-hybridized carbons (Fsp3) is 0.692. The summed E-state index contributed by atoms with van der Waals surface area (Å²) in [5, 5.41) is 48.7. The minimum absolute atomic E-state index is 0.0577. The number of aromatic nitrogens is 1. The minimum atomic E-state index is -1.10. The molecule has 3 unspecified atom stereocenters. The summed E-state index contributed by atoms with van der Waals surface area (Å²) in [6.07, 6.45) is 10.5. The van der Waals surface area contributed by atoms with E-state index >= 15 is 0 Å². The molecule has 8 rings (SSSR count). The van der Waals surface area contributed by atoms with Gasteiger partial charge in [-0.2, -0.15) is 0 Å². The van der Waals surface area contributed by atoms with E-state index in [0.29, 0.717) is 117 Å². The normalized spacial score (nSPS) is 28.1. The van der Waals surface area contributed by atoms with Crippen LogP contribution in [0.1, 0.15) is 176 Å². The van der Waals surface area contributed by atoms with Gasteiger partial charge in [0, 0.05) is 92.0 Å². The molecule has 12 atom stereocenters. The number of carbonyl (C=O) groups excluding carboxylic acids is 6. The first-order valence-corrected chi connectivity index (χ1v) is 33.1. The Morgan fingerprint density at radius 3 is 2.30 bits per heavy atom. The highest BCUT2D eigenvalue weighted by Gasteiger charge is 2.64. The van der Waals surface area contributed by atoms with Gasteiger partial charge in [-0.25, -0.2) is 19.4 Å². The number of amides is 4. The highest BCUT2D eigenvalue weighted by Crippen LogP contribution is 2.68. The Labute approximate surface area is 514 Å². The Morgan fingerprint density at radius 1 is 0.837 bits per heavy atom. The van der Waals surface area contributed by atoms with Crippen molar-refractivity contribution in [3.63, 3.8) is 0 Å². The number of Topliss-reactive ketones (excluding diaryl/α,β-unsaturated/α-hetero) is 2. The molecule has 6 aliphatic rings. The second-order valence-electron chi connectivity index (χ2n) is 26.9. The van der Waals surface area contributed by atoms with Crippen molar-refractivity contribution in [2.45, 2.75) is 195 Å². The summed E-state index contributed by atoms with van der Waals surface area (Å²) >= 11 is 2.63. The minimum Gasteiger partial charge on any atom is -0.480 e. The van der Waals surface area contributed by atoms with Crippen molar-refractivity contribution in [1.29, 1.82) is 0 Å². The van der Waals surface area contributed by atoms with Gasteiger partial charge in [0.2, 0.25) is 17.7 Å². The number of aliphatic hydroxyl groups is 2. The van der Waals surface area contributed by atoms with Gasteiger partial charge in [-0.3, -0.25) is 29.0 Å². The fourth-order valence-electron chi connectivity index (χ4n) is 15.8. The van der Waals surface area contributed by atoms with Crippen LogP contribution < -0.4 is 15.4 Å². The summed E-state index contributed by atoms with van der Waals surface area (Å²) in [6.45, 7) is 16.1. The molecule has 2 heterocycles. The van der Waals surface area contributed by atoms with Crippen LogP contribution in [0.25, 0.3) is 10.2 Å². The number of hydrogen-bond acceptors (Lipinski definition) is 15. The van der Waals surface area contributed by atoms with Crippen LogP contribution in [0.5, 0.6) is 5.75 Å². The predicted octanol–water partition coefficient (Wildman–Crippen LogP) is 9.55. The summed E-state index contributed by atoms with van der Waals surface area (Å²) in [5.74, 6) is -0.302. The second-order valence-corrected chi connectivity index (χ2v) is 28.9. The number of ketones is 2. The number of hydrogen-bond donors (Lipinski definition) is 6. The Hall–Kier alpha value is -5.51. The average molecular weight is 1230 g/mol. The number of unbranched alkanes of at least 4 members (excludes halogenated alkanes) is 3. The predicted molar refractivity (Wildman–Crippen MR) is 331 cm³/mol. The van der Waals surface area contributed by atoms with Gasteiger partial charge in [-0.15, -0.1) is 23.1 Å². The molecule has 1 aromatic carbocycles. The van der Waals surface area contributed by atoms with E-state index in [4.69, 9.17) is 4.74 Å². The molecule has 4 amide bonds. The Kier molecular flexibility index (Phi) is 21.6. The van der Waals surface area contributed by atoms with Crippen molar-refractivity contribution in [2.75, 3.05) is 39.0 Å². The van der Waals surface area contributed by atoms with Gasteiger partial charge in [0.15, 0.2) is 17.6 Å². The fourth-order valence-corrected chi connectivity index (χ4v) is 17.9. The van der Waals surface area contributed by atoms with Crippen molar-refractivity contribution in [3.05, 3.63) is 45.5 Å². The zero-order valence-corrected chi connectivity index (χ0v) is 53.5. The largest absolute Gasteiger partial charge is 0.480 e. The van der Waals surface area contributed by atoms with Gasteiger partial charge in [0.1, 0.15) is 21.8 Å². The van der Waals surface area contributed by atoms with Gasteiger partial charge < -0.3 is 45.6 Å². The van der Waals surface area contributed by atoms with E-state index in [1.807, 2.05) is 0 Å². The molecule has 4 fully saturated rings. The number of carbonyl (C=O) groups is 8. The van der Waals surface area contributed by atoms with Crippen LogP contribution in [-0.4, -0.2) is 151 Å². The number of ether oxygens (including phenoxy) is 1. The number of fused-ring (bicyclic) bond motifs is 6. The third-order valence-corrected chi connectivity index (χ3v) is 23.3. The summed E-state index contributed by atoms with van der Waals surface area (Å²) < 4.78 is 6.61. The molecule has 1 aliphatic heterocycles. The third kappa shape index (κ3) is 14.6. The average Bonchev–Trinajstić information content (AvgIpc) is 1.35. The smallest absolute Gasteiger partial charge is 0.415 e. The van der Waals surface area contributed by atoms with Gasteiger partial charge in [-0.1, -0.05) is 41.0 Å². The number of rotatable bonds is 26. The first-order valence-electron chi connectivity index (χ1n) is 31.3. The maximum Gasteiger partial charge on any atom is 0.415 e. The van der Waals surface area contributed by atoms with E-state index in [0.717, 1.165) is 51.4 Å². The Balaban J connectivity index is 0.769. The summed E-state index contributed by atoms with van der Waals surface area (Å²) in [4.78, 5) is 116. The number of allylic oxidation sites excluding steroid dienone is 4. The second kappa shape index (κ2) is 27.9. The molecule has 0 radical (unpaired) electrons. The van der Waals surface area contributed by atoms with Gasteiger partial charge in [0.25, 0.3) is 0 Å². The first kappa shape index (κ1) is 66.4. The number of carboxylic acids is 2. The van der Waals surface area contributed by atoms with E-state index < -0.39 is 41.6 Å². The molecular formula is C65H92N6O13S2. The molecule has 19 nitrogen and oxygen atoms in total. The van der Waals surface area contributed by atoms with Gasteiger partial charge >= 0.3 is 18.0 Å². The number of aliphatic hydroxyl groups excluding tert-OH is 2. The van der Waals surface area contributed by atoms with E-state index in [1.54, 1.807) is 59.9 Å². The van der Waals surface area contributed by atoms with Crippen molar-refractivity contribution >= 4 is 85.7 Å². The molecule has 86 heavy (non-hydrogen) atoms. The van der Waals surface area contributed by atoms with Gasteiger partial charge in [0.05, 0.1) is 22.4 Å². The van der Waals surface area contributed by atoms with Crippen LogP contribution in [0.4, 0.5) is 4.79 Å². The number of thioether (sulfide) groups is 1. The summed E-state index contributed by atoms with van der Waals surface area (Å²) in [5.41, 5.74) is 1.02. The number of likely N-dealkylation sites (N-methyl/N-ethyl adjacent to an activating group) is 1. The van der Waals surface area contributed by atoms with Crippen molar-refractivity contribution in [2.24, 2.45) is 56.7 Å². The number of nitrogens with one attached hydrogen (secondary N) is 2. The quantitative estimate of drug-likeness (QED) is 0.0378. The van der Waals surface area contributed by atoms with Crippen molar-refractivity contribution in [3.8, 4) is 5.75 Å². The third-order valence-electron chi connectivity index (χ3n) is 21.1. The SMILES string of the molecule is CC1=C(C)C(=O)C(C(C)(C)CC(=O)N(C)CCN(CCCCCC(=O)NCCCCC(NC(=O)CCC(C)[C@H]2CC[C@H]3[C@@H]4CC[C@@H]5C[C@H](O)CC[C@]5(C)[C@H]4C[C@H](O)[C@]23C)C(=O)O)C(=O)Oc2ccc3nc(C4=NC(C(=O)O)CS4)sc3c2)=C(C)C1=O. The van der Waals surface area contributed by atoms with Crippen LogP contribution in [0.3, 0.4) is 0 Å². The van der Waals surface area contributed by atoms with Crippen LogP contribution in [0.15, 0.2) is 45.5 Å². The van der Waals surface area contributed by atoms with Crippen LogP contribution >= 0.6 is 23.1 Å². The molecule has 4 saturated carbocycles. The molecule has 6 N–H and O–H groups in total. The maximum atomic E-state index is 13.9. The van der Waals surface area contributed by atoms with E-state index in [-0.39, 0.29) is 109 Å². The molecule has 472 valence electrons. The van der Waals surface area contributed by atoms with E-state index in [2.05, 4.69) is 41.4 Å². The number of nitrogens with zero attached hydrogens (tertiary/aromatic N) is 4. The van der Waals surface area contributed by atoms with Gasteiger partial charge in [-0.05, 0) is 169 Å². The van der Waals surface area contributed by atoms with Crippen LogP contribution in [-0.2, 0) is 33.6 Å². The molecule has 2 aromatic rings. The molecule has 0 saturated heterocycles. The maximum absolute atomic E-state index is 13.9. The monoisotopic (exact) mass is 1230 g/mol. The molecule has 21 heteroatoms. The van der Waals surface area contributed by atoms with E-state index in [9.17, 15) is 58.8 Å². The molecule has 1 aromatic heterocycles. The van der Waals surface area contributed by atoms with Crippen LogP contribution in [0.2, 0.25) is 0 Å². The van der Waals surface area contributed by atoms with Crippen molar-refractivity contribution in [1.82, 2.24) is 25.4 Å². The number of thiazole rings is 1. The lowest BCUT2D eigenvalue weighted by Gasteiger charge is -2.62. The zero-order valence-electron chi connectivity index (χ0n) is 51.8. The molecule has 0 spiro atoms. The van der Waals surface area contributed by atoms with Crippen molar-refractivity contribution < 1.29 is 63.5 Å². The standard InChI is InChI=1S/C65H92N6O13S2/c1-36(44-21-22-45-43-20-18-40-31-41(72)25-26-64(40,7)46(43)33-51(73)65(44,45)8)17-24-53(75)67-48(60(79)80)15-12-13-27-66-52(74)16-11-10-14-28-71(30-29-70(9)54(76)34-63(5,6)55-39(4)56(77)37(2)38(3)57(55)78)62(83)84-42-19-23-47-50(32-42)86-59(68-47)58-69-49(35-85-58)61(81)82/h19,23,32,36,40-41,43-46,48-49,51,72-73H,10-18,20-22,24-31,33-35H2,1-9H3,(H,66,74)(H,67,75)(H,79,80)(H,81,82)/t36?,40-,41-,43+,44-,45+,46+,48?,49?,51+,64+,65-/m1/s1. The summed E-state index contributed by atoms with van der Waals surface area (Å²) in [7, 11) is 1.62. The summed E-state index contributed by atoms with van der Waals surface area (Å²) in [6, 6.07) is 3.13. The lowest BCUT2D eigenvalue weighted by atomic mass is 9.43. The Morgan fingerprint density at radius 2 is 1.58 bits per heavy atom. The molecule has 0 bridgehead atoms. The highest BCUT2D eigenvalue weighted by molar-refractivity contribution is 8.15. The number of carboxylic acid groups (broad SMARTS) is 2. The number of benzene rings is 1. The highest BCUT2D eigenvalue weighted by atomic mass is 32.2. The first-order chi connectivity index (χ1) is 40.6. The number of aliphatic imine (C=N–C) groups is 1. The topological polar surface area (TPSA) is 282 Å².